The van der Waals surface area contributed by atoms with E-state index in [0.717, 1.165) is 0 Å². The van der Waals surface area contributed by atoms with Gasteiger partial charge in [-0.25, -0.2) is 0 Å². The van der Waals surface area contributed by atoms with Crippen molar-refractivity contribution in [1.82, 2.24) is 0 Å². The summed E-state index contributed by atoms with van der Waals surface area (Å²) in [5, 5.41) is 2.60. The molecule has 2 rings (SSSR count). The monoisotopic (exact) mass is 427 g/mol. The quantitative estimate of drug-likeness (QED) is 0.474. The SMILES string of the molecule is COc1cc(/C=C/C(=O)Nc2ccccc2SCC(F)(F)F)cc(OC)c1OC. The number of halogens is 3. The fourth-order valence-electron chi connectivity index (χ4n) is 2.40. The first-order valence-corrected chi connectivity index (χ1v) is 9.33. The Hall–Kier alpha value is -2.81. The average molecular weight is 427 g/mol. The van der Waals surface area contributed by atoms with Crippen molar-refractivity contribution in [2.45, 2.75) is 11.1 Å². The summed E-state index contributed by atoms with van der Waals surface area (Å²) in [7, 11) is 4.44. The number of carbonyl (C=O) groups is 1. The first kappa shape index (κ1) is 22.5. The number of ether oxygens (including phenoxy) is 3. The van der Waals surface area contributed by atoms with Crippen LogP contribution in [0.1, 0.15) is 5.56 Å². The minimum atomic E-state index is -4.30. The Kier molecular flexibility index (Phi) is 7.83. The van der Waals surface area contributed by atoms with Crippen molar-refractivity contribution in [2.24, 2.45) is 0 Å². The minimum absolute atomic E-state index is 0.307. The Morgan fingerprint density at radius 1 is 1.07 bits per heavy atom. The molecule has 1 amide bonds. The number of amides is 1. The van der Waals surface area contributed by atoms with Crippen LogP contribution in [-0.4, -0.2) is 39.2 Å². The second kappa shape index (κ2) is 10.1. The standard InChI is InChI=1S/C20H20F3NO4S/c1-26-15-10-13(11-16(27-2)19(15)28-3)8-9-18(25)24-14-6-4-5-7-17(14)29-12-20(21,22)23/h4-11H,12H2,1-3H3,(H,24,25)/b9-8+. The molecular formula is C20H20F3NO4S. The van der Waals surface area contributed by atoms with Crippen molar-refractivity contribution in [1.29, 1.82) is 0 Å². The molecular weight excluding hydrogens is 407 g/mol. The van der Waals surface area contributed by atoms with E-state index in [0.29, 0.717) is 45.2 Å². The summed E-state index contributed by atoms with van der Waals surface area (Å²) in [4.78, 5) is 12.6. The van der Waals surface area contributed by atoms with E-state index in [1.807, 2.05) is 0 Å². The number of anilines is 1. The van der Waals surface area contributed by atoms with Gasteiger partial charge in [-0.3, -0.25) is 4.79 Å². The molecule has 0 atom stereocenters. The largest absolute Gasteiger partial charge is 0.493 e. The van der Waals surface area contributed by atoms with Crippen LogP contribution in [-0.2, 0) is 4.79 Å². The van der Waals surface area contributed by atoms with E-state index in [2.05, 4.69) is 5.32 Å². The van der Waals surface area contributed by atoms with Gasteiger partial charge in [0.2, 0.25) is 11.7 Å². The summed E-state index contributed by atoms with van der Waals surface area (Å²) in [6.07, 6.45) is -1.49. The van der Waals surface area contributed by atoms with Crippen molar-refractivity contribution < 1.29 is 32.2 Å². The first-order valence-electron chi connectivity index (χ1n) is 8.35. The summed E-state index contributed by atoms with van der Waals surface area (Å²) in [6.45, 7) is 0. The lowest BCUT2D eigenvalue weighted by molar-refractivity contribution is -0.112. The average Bonchev–Trinajstić information content (AvgIpc) is 2.70. The Bertz CT molecular complexity index is 859. The van der Waals surface area contributed by atoms with Crippen LogP contribution in [0.4, 0.5) is 18.9 Å². The molecule has 0 aliphatic carbocycles. The Labute approximate surface area is 170 Å². The fourth-order valence-corrected chi connectivity index (χ4v) is 3.17. The summed E-state index contributed by atoms with van der Waals surface area (Å²) < 4.78 is 53.2. The van der Waals surface area contributed by atoms with Gasteiger partial charge in [0, 0.05) is 11.0 Å². The third-order valence-corrected chi connectivity index (χ3v) is 4.79. The molecule has 0 aromatic heterocycles. The number of nitrogens with one attached hydrogen (secondary N) is 1. The highest BCUT2D eigenvalue weighted by Gasteiger charge is 2.27. The van der Waals surface area contributed by atoms with Gasteiger partial charge in [-0.1, -0.05) is 12.1 Å². The molecule has 0 unspecified atom stereocenters. The van der Waals surface area contributed by atoms with Gasteiger partial charge < -0.3 is 19.5 Å². The molecule has 5 nitrogen and oxygen atoms in total. The van der Waals surface area contributed by atoms with Crippen LogP contribution in [0.3, 0.4) is 0 Å². The predicted molar refractivity (Wildman–Crippen MR) is 107 cm³/mol. The number of carbonyl (C=O) groups excluding carboxylic acids is 1. The maximum absolute atomic E-state index is 12.5. The minimum Gasteiger partial charge on any atom is -0.493 e. The number of hydrogen-bond donors (Lipinski definition) is 1. The highest BCUT2D eigenvalue weighted by atomic mass is 32.2. The summed E-state index contributed by atoms with van der Waals surface area (Å²) >= 11 is 0.614. The fraction of sp³-hybridized carbons (Fsp3) is 0.250. The zero-order valence-corrected chi connectivity index (χ0v) is 16.8. The molecule has 0 aliphatic rings. The second-order valence-electron chi connectivity index (χ2n) is 5.68. The van der Waals surface area contributed by atoms with E-state index >= 15 is 0 Å². The molecule has 0 heterocycles. The molecule has 29 heavy (non-hydrogen) atoms. The van der Waals surface area contributed by atoms with E-state index in [9.17, 15) is 18.0 Å². The maximum atomic E-state index is 12.5. The third-order valence-electron chi connectivity index (χ3n) is 3.65. The molecule has 0 radical (unpaired) electrons. The number of hydrogen-bond acceptors (Lipinski definition) is 5. The van der Waals surface area contributed by atoms with Crippen LogP contribution < -0.4 is 19.5 Å². The van der Waals surface area contributed by atoms with Gasteiger partial charge in [-0.15, -0.1) is 11.8 Å². The first-order chi connectivity index (χ1) is 13.8. The van der Waals surface area contributed by atoms with Gasteiger partial charge in [0.05, 0.1) is 32.8 Å². The van der Waals surface area contributed by atoms with Gasteiger partial charge in [0.15, 0.2) is 11.5 Å². The lowest BCUT2D eigenvalue weighted by Crippen LogP contribution is -2.12. The Morgan fingerprint density at radius 2 is 1.69 bits per heavy atom. The predicted octanol–water partition coefficient (Wildman–Crippen LogP) is 5.02. The van der Waals surface area contributed by atoms with E-state index in [4.69, 9.17) is 14.2 Å². The normalized spacial score (nSPS) is 11.4. The van der Waals surface area contributed by atoms with Gasteiger partial charge in [0.1, 0.15) is 0 Å². The number of thioether (sulfide) groups is 1. The highest BCUT2D eigenvalue weighted by molar-refractivity contribution is 7.99. The second-order valence-corrected chi connectivity index (χ2v) is 6.70. The van der Waals surface area contributed by atoms with Crippen molar-refractivity contribution in [3.63, 3.8) is 0 Å². The lowest BCUT2D eigenvalue weighted by Gasteiger charge is -2.13. The lowest BCUT2D eigenvalue weighted by atomic mass is 10.1. The van der Waals surface area contributed by atoms with Gasteiger partial charge in [-0.2, -0.15) is 13.2 Å². The van der Waals surface area contributed by atoms with Crippen molar-refractivity contribution >= 4 is 29.4 Å². The zero-order chi connectivity index (χ0) is 21.4. The van der Waals surface area contributed by atoms with Crippen molar-refractivity contribution in [3.8, 4) is 17.2 Å². The van der Waals surface area contributed by atoms with Crippen LogP contribution in [0.25, 0.3) is 6.08 Å². The van der Waals surface area contributed by atoms with Crippen LogP contribution in [0, 0.1) is 0 Å². The molecule has 156 valence electrons. The highest BCUT2D eigenvalue weighted by Crippen LogP contribution is 2.38. The molecule has 0 saturated carbocycles. The Morgan fingerprint density at radius 3 is 2.24 bits per heavy atom. The molecule has 0 fully saturated rings. The number of para-hydroxylation sites is 1. The molecule has 0 saturated heterocycles. The number of benzene rings is 2. The van der Waals surface area contributed by atoms with Gasteiger partial charge >= 0.3 is 6.18 Å². The molecule has 0 spiro atoms. The van der Waals surface area contributed by atoms with Gasteiger partial charge in [-0.05, 0) is 35.9 Å². The molecule has 0 aliphatic heterocycles. The van der Waals surface area contributed by atoms with E-state index in [1.54, 1.807) is 30.3 Å². The van der Waals surface area contributed by atoms with E-state index < -0.39 is 17.8 Å². The molecule has 0 bridgehead atoms. The third kappa shape index (κ3) is 6.63. The molecule has 2 aromatic carbocycles. The van der Waals surface area contributed by atoms with Crippen LogP contribution in [0.2, 0.25) is 0 Å². The summed E-state index contributed by atoms with van der Waals surface area (Å²) in [5.41, 5.74) is 0.927. The Balaban J connectivity index is 2.15. The molecule has 9 heteroatoms. The van der Waals surface area contributed by atoms with Crippen LogP contribution in [0.15, 0.2) is 47.4 Å². The molecule has 1 N–H and O–H groups in total. The number of rotatable bonds is 8. The summed E-state index contributed by atoms with van der Waals surface area (Å²) in [5.74, 6) is -0.242. The van der Waals surface area contributed by atoms with E-state index in [-0.39, 0.29) is 0 Å². The van der Waals surface area contributed by atoms with Gasteiger partial charge in [0.25, 0.3) is 0 Å². The smallest absolute Gasteiger partial charge is 0.398 e. The van der Waals surface area contributed by atoms with Crippen LogP contribution >= 0.6 is 11.8 Å². The van der Waals surface area contributed by atoms with Crippen LogP contribution in [0.5, 0.6) is 17.2 Å². The summed E-state index contributed by atoms with van der Waals surface area (Å²) in [6, 6.07) is 9.64. The van der Waals surface area contributed by atoms with Crippen molar-refractivity contribution in [3.05, 3.63) is 48.0 Å². The van der Waals surface area contributed by atoms with Crippen molar-refractivity contribution in [2.75, 3.05) is 32.4 Å². The number of alkyl halides is 3. The maximum Gasteiger partial charge on any atom is 0.398 e. The zero-order valence-electron chi connectivity index (χ0n) is 16.0. The topological polar surface area (TPSA) is 56.8 Å². The molecule has 2 aromatic rings. The van der Waals surface area contributed by atoms with E-state index in [1.165, 1.54) is 39.5 Å². The number of methoxy groups -OCH3 is 3.